The van der Waals surface area contributed by atoms with E-state index in [-0.39, 0.29) is 17.9 Å². The molecule has 2 unspecified atom stereocenters. The highest BCUT2D eigenvalue weighted by molar-refractivity contribution is 5.83. The van der Waals surface area contributed by atoms with Crippen LogP contribution >= 0.6 is 0 Å². The zero-order valence-corrected chi connectivity index (χ0v) is 17.2. The maximum Gasteiger partial charge on any atom is 0.247 e. The largest absolute Gasteiger partial charge is 0.347 e. The Labute approximate surface area is 164 Å². The highest BCUT2D eigenvalue weighted by Gasteiger charge is 2.19. The van der Waals surface area contributed by atoms with E-state index in [0.29, 0.717) is 12.3 Å². The van der Waals surface area contributed by atoms with Gasteiger partial charge in [-0.3, -0.25) is 9.79 Å². The van der Waals surface area contributed by atoms with E-state index in [4.69, 9.17) is 0 Å². The minimum Gasteiger partial charge on any atom is -0.347 e. The van der Waals surface area contributed by atoms with Crippen molar-refractivity contribution in [3.63, 3.8) is 0 Å². The molecule has 0 heterocycles. The van der Waals surface area contributed by atoms with Crippen molar-refractivity contribution < 1.29 is 4.79 Å². The van der Waals surface area contributed by atoms with Crippen molar-refractivity contribution in [1.29, 1.82) is 0 Å². The predicted molar refractivity (Wildman–Crippen MR) is 115 cm³/mol. The molecule has 0 aliphatic rings. The summed E-state index contributed by atoms with van der Waals surface area (Å²) < 4.78 is 0. The van der Waals surface area contributed by atoms with Gasteiger partial charge in [-0.25, -0.2) is 0 Å². The quantitative estimate of drug-likeness (QED) is 0.622. The average molecular weight is 365 g/mol. The Balaban J connectivity index is 2.04. The minimum atomic E-state index is -0.367. The van der Waals surface area contributed by atoms with Gasteiger partial charge in [0, 0.05) is 26.7 Å². The van der Waals surface area contributed by atoms with Gasteiger partial charge in [-0.15, -0.1) is 0 Å². The van der Waals surface area contributed by atoms with Crippen molar-refractivity contribution in [3.05, 3.63) is 71.3 Å². The second-order valence-electron chi connectivity index (χ2n) is 7.81. The van der Waals surface area contributed by atoms with Crippen LogP contribution in [0.15, 0.2) is 59.6 Å². The fourth-order valence-electron chi connectivity index (χ4n) is 3.05. The molecule has 2 atom stereocenters. The van der Waals surface area contributed by atoms with Crippen molar-refractivity contribution in [3.8, 4) is 0 Å². The molecule has 0 bridgehead atoms. The van der Waals surface area contributed by atoms with E-state index in [0.717, 1.165) is 12.0 Å². The molecule has 0 aromatic heterocycles. The predicted octanol–water partition coefficient (Wildman–Crippen LogP) is 4.76. The summed E-state index contributed by atoms with van der Waals surface area (Å²) in [6.45, 7) is 6.57. The number of nitrogens with zero attached hydrogens (tertiary/aromatic N) is 2. The molecule has 2 aromatic carbocycles. The fourth-order valence-corrected chi connectivity index (χ4v) is 3.05. The minimum absolute atomic E-state index is 0.0450. The number of carbonyl (C=O) groups is 1. The van der Waals surface area contributed by atoms with Crippen molar-refractivity contribution in [2.24, 2.45) is 10.9 Å². The summed E-state index contributed by atoms with van der Waals surface area (Å²) >= 11 is 0. The van der Waals surface area contributed by atoms with Crippen molar-refractivity contribution >= 4 is 12.1 Å². The molecule has 3 heteroatoms. The van der Waals surface area contributed by atoms with Gasteiger partial charge in [0.05, 0.1) is 0 Å². The third-order valence-electron chi connectivity index (χ3n) is 4.72. The number of amides is 1. The van der Waals surface area contributed by atoms with Gasteiger partial charge in [-0.2, -0.15) is 0 Å². The summed E-state index contributed by atoms with van der Waals surface area (Å²) in [7, 11) is 3.57. The molecular weight excluding hydrogens is 332 g/mol. The molecule has 0 fully saturated rings. The molecule has 2 rings (SSSR count). The van der Waals surface area contributed by atoms with Gasteiger partial charge < -0.3 is 4.90 Å². The molecular formula is C24H32N2O. The lowest BCUT2D eigenvalue weighted by Gasteiger charge is -2.18. The van der Waals surface area contributed by atoms with Crippen LogP contribution in [0, 0.1) is 5.92 Å². The second kappa shape index (κ2) is 10.1. The first-order valence-electron chi connectivity index (χ1n) is 9.74. The molecule has 1 amide bonds. The van der Waals surface area contributed by atoms with E-state index in [1.54, 1.807) is 19.0 Å². The molecule has 0 N–H and O–H groups in total. The van der Waals surface area contributed by atoms with Crippen LogP contribution in [0.2, 0.25) is 0 Å². The Morgan fingerprint density at radius 3 is 2.07 bits per heavy atom. The van der Waals surface area contributed by atoms with Crippen LogP contribution in [0.4, 0.5) is 0 Å². The summed E-state index contributed by atoms with van der Waals surface area (Å²) in [6.07, 6.45) is 3.51. The SMILES string of the molecule is CC(C=NC(Cc1ccccc1)C(=O)N(C)C)Cc1ccc(C(C)C)cc1. The van der Waals surface area contributed by atoms with Crippen molar-refractivity contribution in [2.75, 3.05) is 14.1 Å². The third-order valence-corrected chi connectivity index (χ3v) is 4.72. The van der Waals surface area contributed by atoms with Gasteiger partial charge in [-0.05, 0) is 34.9 Å². The lowest BCUT2D eigenvalue weighted by Crippen LogP contribution is -2.34. The lowest BCUT2D eigenvalue weighted by molar-refractivity contribution is -0.129. The Hall–Kier alpha value is -2.42. The molecule has 3 nitrogen and oxygen atoms in total. The van der Waals surface area contributed by atoms with Gasteiger partial charge in [0.15, 0.2) is 0 Å². The normalized spacial score (nSPS) is 13.7. The molecule has 2 aromatic rings. The number of hydrogen-bond donors (Lipinski definition) is 0. The summed E-state index contributed by atoms with van der Waals surface area (Å²) in [5.41, 5.74) is 3.79. The lowest BCUT2D eigenvalue weighted by atomic mass is 9.97. The highest BCUT2D eigenvalue weighted by Crippen LogP contribution is 2.16. The highest BCUT2D eigenvalue weighted by atomic mass is 16.2. The molecule has 0 saturated heterocycles. The first-order valence-corrected chi connectivity index (χ1v) is 9.74. The Morgan fingerprint density at radius 2 is 1.52 bits per heavy atom. The van der Waals surface area contributed by atoms with Crippen LogP contribution in [0.3, 0.4) is 0 Å². The van der Waals surface area contributed by atoms with Crippen molar-refractivity contribution in [2.45, 2.75) is 45.6 Å². The summed E-state index contributed by atoms with van der Waals surface area (Å²) in [6, 6.07) is 18.5. The van der Waals surface area contributed by atoms with Gasteiger partial charge in [-0.1, -0.05) is 75.4 Å². The summed E-state index contributed by atoms with van der Waals surface area (Å²) in [5.74, 6) is 0.876. The fraction of sp³-hybridized carbons (Fsp3) is 0.417. The Bertz CT molecular complexity index is 733. The summed E-state index contributed by atoms with van der Waals surface area (Å²) in [5, 5.41) is 0. The molecule has 144 valence electrons. The van der Waals surface area contributed by atoms with Crippen LogP contribution in [-0.4, -0.2) is 37.2 Å². The Morgan fingerprint density at radius 1 is 0.926 bits per heavy atom. The standard InChI is InChI=1S/C24H32N2O/c1-18(2)22-13-11-21(12-14-22)15-19(3)17-25-23(24(27)26(4)5)16-20-9-7-6-8-10-20/h6-14,17-19,23H,15-16H2,1-5H3. The van der Waals surface area contributed by atoms with E-state index in [1.165, 1.54) is 11.1 Å². The number of hydrogen-bond acceptors (Lipinski definition) is 2. The van der Waals surface area contributed by atoms with Crippen LogP contribution in [0.5, 0.6) is 0 Å². The molecule has 0 spiro atoms. The van der Waals surface area contributed by atoms with E-state index < -0.39 is 0 Å². The van der Waals surface area contributed by atoms with Crippen LogP contribution in [0.25, 0.3) is 0 Å². The van der Waals surface area contributed by atoms with Crippen molar-refractivity contribution in [1.82, 2.24) is 4.90 Å². The number of rotatable bonds is 8. The number of benzene rings is 2. The first kappa shape index (κ1) is 20.9. The second-order valence-corrected chi connectivity index (χ2v) is 7.81. The molecule has 0 radical (unpaired) electrons. The monoisotopic (exact) mass is 364 g/mol. The smallest absolute Gasteiger partial charge is 0.247 e. The average Bonchev–Trinajstić information content (AvgIpc) is 2.65. The van der Waals surface area contributed by atoms with Crippen LogP contribution in [0.1, 0.15) is 43.4 Å². The van der Waals surface area contributed by atoms with Gasteiger partial charge in [0.25, 0.3) is 0 Å². The molecule has 27 heavy (non-hydrogen) atoms. The zero-order valence-electron chi connectivity index (χ0n) is 17.2. The summed E-state index contributed by atoms with van der Waals surface area (Å²) in [4.78, 5) is 18.8. The number of carbonyl (C=O) groups excluding carboxylic acids is 1. The molecule has 0 aliphatic heterocycles. The van der Waals surface area contributed by atoms with E-state index in [9.17, 15) is 4.79 Å². The van der Waals surface area contributed by atoms with E-state index in [1.807, 2.05) is 36.5 Å². The number of aliphatic imine (C=N–C) groups is 1. The topological polar surface area (TPSA) is 32.7 Å². The number of likely N-dealkylation sites (N-methyl/N-ethyl adjacent to an activating group) is 1. The van der Waals surface area contributed by atoms with Gasteiger partial charge >= 0.3 is 0 Å². The first-order chi connectivity index (χ1) is 12.9. The van der Waals surface area contributed by atoms with Gasteiger partial charge in [0.2, 0.25) is 5.91 Å². The molecule has 0 aliphatic carbocycles. The van der Waals surface area contributed by atoms with Crippen LogP contribution in [-0.2, 0) is 17.6 Å². The molecule has 0 saturated carbocycles. The maximum atomic E-state index is 12.5. The Kier molecular flexibility index (Phi) is 7.78. The zero-order chi connectivity index (χ0) is 19.8. The van der Waals surface area contributed by atoms with Gasteiger partial charge in [0.1, 0.15) is 6.04 Å². The van der Waals surface area contributed by atoms with E-state index in [2.05, 4.69) is 50.0 Å². The maximum absolute atomic E-state index is 12.5. The van der Waals surface area contributed by atoms with Crippen LogP contribution < -0.4 is 0 Å². The third kappa shape index (κ3) is 6.67. The van der Waals surface area contributed by atoms with E-state index >= 15 is 0 Å².